The molecule has 0 bridgehead atoms. The smallest absolute Gasteiger partial charge is 0.189 e. The van der Waals surface area contributed by atoms with Crippen LogP contribution in [-0.4, -0.2) is 51.7 Å². The Balaban J connectivity index is 1.49. The van der Waals surface area contributed by atoms with Gasteiger partial charge >= 0.3 is 0 Å². The first-order valence-corrected chi connectivity index (χ1v) is 16.7. The fourth-order valence-corrected chi connectivity index (χ4v) is 5.48. The minimum atomic E-state index is -1.19. The minimum absolute atomic E-state index is 0.00860. The highest BCUT2D eigenvalue weighted by atomic mass is 28.3. The molecule has 0 aliphatic carbocycles. The van der Waals surface area contributed by atoms with Crippen molar-refractivity contribution in [2.75, 3.05) is 26.5 Å². The van der Waals surface area contributed by atoms with Gasteiger partial charge in [0.2, 0.25) is 0 Å². The Labute approximate surface area is 225 Å². The molecule has 1 fully saturated rings. The van der Waals surface area contributed by atoms with Crippen LogP contribution in [0.5, 0.6) is 5.75 Å². The number of carbonyl (C=O) groups excluding carboxylic acids is 1. The number of nitriles is 1. The van der Waals surface area contributed by atoms with Crippen LogP contribution >= 0.6 is 0 Å². The van der Waals surface area contributed by atoms with Crippen LogP contribution < -0.4 is 9.84 Å². The molecule has 3 aromatic rings. The maximum Gasteiger partial charge on any atom is 0.189 e. The van der Waals surface area contributed by atoms with E-state index >= 15 is 0 Å². The van der Waals surface area contributed by atoms with Crippen LogP contribution in [0.4, 0.5) is 4.79 Å². The van der Waals surface area contributed by atoms with Crippen LogP contribution in [0, 0.1) is 11.3 Å². The molecular weight excluding hydrogens is 496 g/mol. The lowest BCUT2D eigenvalue weighted by Gasteiger charge is -2.40. The number of benzene rings is 3. The molecule has 8 heteroatoms. The highest BCUT2D eigenvalue weighted by Gasteiger charge is 2.31. The number of carboxylic acid groups (broad SMARTS) is 1. The summed E-state index contributed by atoms with van der Waals surface area (Å²) < 4.78 is 18.2. The highest BCUT2D eigenvalue weighted by Crippen LogP contribution is 2.33. The molecule has 200 valence electrons. The fraction of sp³-hybridized carbons (Fsp3) is 0.400. The van der Waals surface area contributed by atoms with Crippen LogP contribution in [0.15, 0.2) is 60.7 Å². The molecule has 0 radical (unpaired) electrons. The standard InChI is InChI=1S/C30H36N2O5Si/c1-38(2,3)15-14-35-21-37-28-17-23(16-25-6-4-5-7-26(25)28)20-36-29-19-32(30(33)34)13-12-27(29)24-10-8-22(18-31)9-11-24/h4-11,16-17,27,29H,12-15,19-21H2,1-3H3,(H,33,34)/p-1. The van der Waals surface area contributed by atoms with E-state index in [1.165, 1.54) is 4.90 Å². The topological polar surface area (TPSA) is 94.8 Å². The van der Waals surface area contributed by atoms with Gasteiger partial charge < -0.3 is 29.0 Å². The van der Waals surface area contributed by atoms with Gasteiger partial charge in [-0.2, -0.15) is 5.26 Å². The van der Waals surface area contributed by atoms with Gasteiger partial charge in [0.1, 0.15) is 11.8 Å². The summed E-state index contributed by atoms with van der Waals surface area (Å²) in [5.74, 6) is 0.743. The van der Waals surface area contributed by atoms with E-state index in [0.717, 1.165) is 33.7 Å². The number of carbonyl (C=O) groups is 1. The lowest BCUT2D eigenvalue weighted by atomic mass is 9.86. The summed E-state index contributed by atoms with van der Waals surface area (Å²) in [6.45, 7) is 8.74. The molecule has 0 N–H and O–H groups in total. The molecule has 2 atom stereocenters. The largest absolute Gasteiger partial charge is 0.530 e. The lowest BCUT2D eigenvalue weighted by Crippen LogP contribution is -2.51. The summed E-state index contributed by atoms with van der Waals surface area (Å²) in [5.41, 5.74) is 2.56. The normalized spacial score (nSPS) is 17.8. The number of fused-ring (bicyclic) bond motifs is 1. The average Bonchev–Trinajstić information content (AvgIpc) is 2.91. The molecule has 4 rings (SSSR count). The van der Waals surface area contributed by atoms with Crippen LogP contribution in [-0.2, 0) is 16.1 Å². The molecular formula is C30H35N2O5Si-. The number of amides is 1. The van der Waals surface area contributed by atoms with Crippen molar-refractivity contribution in [2.45, 2.75) is 50.7 Å². The zero-order chi connectivity index (χ0) is 27.1. The maximum absolute atomic E-state index is 11.6. The van der Waals surface area contributed by atoms with Crippen molar-refractivity contribution in [1.29, 1.82) is 5.26 Å². The molecule has 1 amide bonds. The van der Waals surface area contributed by atoms with Gasteiger partial charge in [0.15, 0.2) is 6.79 Å². The second-order valence-corrected chi connectivity index (χ2v) is 16.6. The second kappa shape index (κ2) is 12.4. The fourth-order valence-electron chi connectivity index (χ4n) is 4.72. The van der Waals surface area contributed by atoms with Gasteiger partial charge in [-0.15, -0.1) is 0 Å². The highest BCUT2D eigenvalue weighted by molar-refractivity contribution is 6.76. The van der Waals surface area contributed by atoms with Gasteiger partial charge in [-0.3, -0.25) is 0 Å². The Morgan fingerprint density at radius 2 is 1.89 bits per heavy atom. The van der Waals surface area contributed by atoms with Crippen molar-refractivity contribution in [3.8, 4) is 11.8 Å². The van der Waals surface area contributed by atoms with Gasteiger partial charge in [-0.05, 0) is 53.2 Å². The Bertz CT molecular complexity index is 1280. The Kier molecular flexibility index (Phi) is 9.05. The van der Waals surface area contributed by atoms with Crippen LogP contribution in [0.25, 0.3) is 10.8 Å². The second-order valence-electron chi connectivity index (χ2n) is 11.0. The number of hydrogen-bond donors (Lipinski definition) is 0. The van der Waals surface area contributed by atoms with Gasteiger partial charge in [-0.1, -0.05) is 56.0 Å². The number of ether oxygens (including phenoxy) is 3. The Morgan fingerprint density at radius 1 is 1.13 bits per heavy atom. The number of nitrogens with zero attached hydrogens (tertiary/aromatic N) is 2. The molecule has 2 unspecified atom stereocenters. The van der Waals surface area contributed by atoms with Crippen molar-refractivity contribution in [3.63, 3.8) is 0 Å². The van der Waals surface area contributed by atoms with Crippen molar-refractivity contribution in [1.82, 2.24) is 4.90 Å². The van der Waals surface area contributed by atoms with E-state index in [9.17, 15) is 9.90 Å². The molecule has 3 aromatic carbocycles. The lowest BCUT2D eigenvalue weighted by molar-refractivity contribution is -0.268. The van der Waals surface area contributed by atoms with E-state index < -0.39 is 14.2 Å². The summed E-state index contributed by atoms with van der Waals surface area (Å²) in [5, 5.41) is 22.8. The van der Waals surface area contributed by atoms with E-state index in [0.29, 0.717) is 31.7 Å². The monoisotopic (exact) mass is 531 g/mol. The molecule has 1 saturated heterocycles. The summed E-state index contributed by atoms with van der Waals surface area (Å²) >= 11 is 0. The summed E-state index contributed by atoms with van der Waals surface area (Å²) in [7, 11) is -1.17. The van der Waals surface area contributed by atoms with Crippen LogP contribution in [0.3, 0.4) is 0 Å². The third kappa shape index (κ3) is 7.35. The van der Waals surface area contributed by atoms with Gasteiger partial charge in [0.25, 0.3) is 0 Å². The van der Waals surface area contributed by atoms with Crippen molar-refractivity contribution in [2.24, 2.45) is 0 Å². The van der Waals surface area contributed by atoms with Crippen molar-refractivity contribution in [3.05, 3.63) is 77.4 Å². The summed E-state index contributed by atoms with van der Waals surface area (Å²) in [4.78, 5) is 12.9. The molecule has 1 aliphatic heterocycles. The molecule has 7 nitrogen and oxygen atoms in total. The zero-order valence-corrected chi connectivity index (χ0v) is 23.3. The quantitative estimate of drug-likeness (QED) is 0.205. The molecule has 38 heavy (non-hydrogen) atoms. The first-order chi connectivity index (χ1) is 18.2. The van der Waals surface area contributed by atoms with E-state index in [1.807, 2.05) is 42.5 Å². The number of hydrogen-bond acceptors (Lipinski definition) is 6. The first-order valence-electron chi connectivity index (χ1n) is 13.0. The van der Waals surface area contributed by atoms with Gasteiger partial charge in [0.05, 0.1) is 24.3 Å². The molecule has 1 aliphatic rings. The number of piperidine rings is 1. The first kappa shape index (κ1) is 27.6. The van der Waals surface area contributed by atoms with E-state index in [4.69, 9.17) is 19.5 Å². The van der Waals surface area contributed by atoms with Gasteiger partial charge in [0, 0.05) is 39.1 Å². The van der Waals surface area contributed by atoms with Gasteiger partial charge in [-0.25, -0.2) is 0 Å². The van der Waals surface area contributed by atoms with Crippen molar-refractivity contribution >= 4 is 24.9 Å². The van der Waals surface area contributed by atoms with Crippen LogP contribution in [0.2, 0.25) is 25.7 Å². The van der Waals surface area contributed by atoms with E-state index in [-0.39, 0.29) is 25.4 Å². The molecule has 0 spiro atoms. The minimum Gasteiger partial charge on any atom is -0.530 e. The Morgan fingerprint density at radius 3 is 2.61 bits per heavy atom. The molecule has 1 heterocycles. The molecule has 0 aromatic heterocycles. The maximum atomic E-state index is 11.6. The van der Waals surface area contributed by atoms with E-state index in [2.05, 4.69) is 31.8 Å². The van der Waals surface area contributed by atoms with Crippen LogP contribution in [0.1, 0.15) is 29.0 Å². The summed E-state index contributed by atoms with van der Waals surface area (Å²) in [6.07, 6.45) is -0.923. The summed E-state index contributed by atoms with van der Waals surface area (Å²) in [6, 6.07) is 22.7. The zero-order valence-electron chi connectivity index (χ0n) is 22.3. The SMILES string of the molecule is C[Si](C)(C)CCOCOc1cc(COC2CN(C(=O)[O-])CCC2c2ccc(C#N)cc2)cc2ccccc12. The van der Waals surface area contributed by atoms with Crippen molar-refractivity contribution < 1.29 is 24.1 Å². The number of likely N-dealkylation sites (tertiary alicyclic amines) is 1. The molecule has 0 saturated carbocycles. The average molecular weight is 532 g/mol. The predicted octanol–water partition coefficient (Wildman–Crippen LogP) is 5.12. The number of rotatable bonds is 10. The third-order valence-corrected chi connectivity index (χ3v) is 8.63. The Hall–Kier alpha value is -3.38. The van der Waals surface area contributed by atoms with E-state index in [1.54, 1.807) is 12.1 Å². The predicted molar refractivity (Wildman–Crippen MR) is 148 cm³/mol. The third-order valence-electron chi connectivity index (χ3n) is 6.93.